The molecule has 0 aromatic rings. The first kappa shape index (κ1) is 11.0. The van der Waals surface area contributed by atoms with Crippen molar-refractivity contribution in [2.75, 3.05) is 13.1 Å². The highest BCUT2D eigenvalue weighted by Crippen LogP contribution is 2.41. The molecule has 4 atom stereocenters. The number of rotatable bonds is 4. The summed E-state index contributed by atoms with van der Waals surface area (Å²) in [6.07, 6.45) is 10.1. The number of piperidine rings is 1. The van der Waals surface area contributed by atoms with E-state index < -0.39 is 0 Å². The summed E-state index contributed by atoms with van der Waals surface area (Å²) in [6.45, 7) is 4.90. The lowest BCUT2D eigenvalue weighted by Crippen LogP contribution is -2.49. The van der Waals surface area contributed by atoms with E-state index in [2.05, 4.69) is 17.1 Å². The summed E-state index contributed by atoms with van der Waals surface area (Å²) < 4.78 is 0. The van der Waals surface area contributed by atoms with Crippen LogP contribution in [0.25, 0.3) is 0 Å². The Morgan fingerprint density at radius 2 is 2.12 bits per heavy atom. The molecule has 2 bridgehead atoms. The second-order valence-electron chi connectivity index (χ2n) is 6.09. The Morgan fingerprint density at radius 3 is 2.81 bits per heavy atom. The lowest BCUT2D eigenvalue weighted by molar-refractivity contribution is 0.131. The average Bonchev–Trinajstić information content (AvgIpc) is 3.01. The smallest absolute Gasteiger partial charge is 0.0252 e. The molecule has 4 unspecified atom stereocenters. The Balaban J connectivity index is 1.60. The topological polar surface area (TPSA) is 15.3 Å². The van der Waals surface area contributed by atoms with Gasteiger partial charge in [-0.25, -0.2) is 0 Å². The molecule has 1 N–H and O–H groups in total. The normalized spacial score (nSPS) is 43.3. The molecular weight excluding hydrogens is 196 g/mol. The van der Waals surface area contributed by atoms with Gasteiger partial charge < -0.3 is 5.32 Å². The Labute approximate surface area is 99.8 Å². The van der Waals surface area contributed by atoms with Gasteiger partial charge in [0.05, 0.1) is 0 Å². The minimum absolute atomic E-state index is 0.805. The van der Waals surface area contributed by atoms with Crippen LogP contribution in [0.5, 0.6) is 0 Å². The Kier molecular flexibility index (Phi) is 3.21. The van der Waals surface area contributed by atoms with Crippen LogP contribution in [0.1, 0.15) is 51.9 Å². The summed E-state index contributed by atoms with van der Waals surface area (Å²) in [6, 6.07) is 2.64. The van der Waals surface area contributed by atoms with E-state index in [1.54, 1.807) is 0 Å². The van der Waals surface area contributed by atoms with Crippen LogP contribution in [0.4, 0.5) is 0 Å². The van der Waals surface area contributed by atoms with Crippen molar-refractivity contribution in [2.45, 2.75) is 70.0 Å². The average molecular weight is 222 g/mol. The van der Waals surface area contributed by atoms with Crippen molar-refractivity contribution < 1.29 is 0 Å². The lowest BCUT2D eigenvalue weighted by atomic mass is 10.0. The quantitative estimate of drug-likeness (QED) is 0.786. The maximum atomic E-state index is 3.78. The second kappa shape index (κ2) is 4.66. The molecule has 2 nitrogen and oxygen atoms in total. The number of nitrogens with zero attached hydrogens (tertiary/aromatic N) is 1. The van der Waals surface area contributed by atoms with Crippen LogP contribution in [0.3, 0.4) is 0 Å². The molecular formula is C14H26N2. The molecule has 0 aromatic heterocycles. The Bertz CT molecular complexity index is 241. The molecule has 16 heavy (non-hydrogen) atoms. The van der Waals surface area contributed by atoms with Crippen molar-refractivity contribution in [3.8, 4) is 0 Å². The molecule has 0 spiro atoms. The van der Waals surface area contributed by atoms with Gasteiger partial charge in [0.1, 0.15) is 0 Å². The fourth-order valence-electron chi connectivity index (χ4n) is 4.27. The Morgan fingerprint density at radius 1 is 1.19 bits per heavy atom. The summed E-state index contributed by atoms with van der Waals surface area (Å²) in [5.41, 5.74) is 0. The fourth-order valence-corrected chi connectivity index (χ4v) is 4.27. The van der Waals surface area contributed by atoms with E-state index in [0.717, 1.165) is 24.0 Å². The molecule has 3 rings (SSSR count). The van der Waals surface area contributed by atoms with Crippen molar-refractivity contribution >= 4 is 0 Å². The van der Waals surface area contributed by atoms with Crippen LogP contribution in [0, 0.1) is 5.92 Å². The number of nitrogens with one attached hydrogen (secondary N) is 1. The molecule has 2 saturated carbocycles. The van der Waals surface area contributed by atoms with Crippen molar-refractivity contribution in [1.82, 2.24) is 10.2 Å². The molecule has 2 aliphatic carbocycles. The second-order valence-corrected chi connectivity index (χ2v) is 6.09. The third-order valence-corrected chi connectivity index (χ3v) is 5.01. The minimum Gasteiger partial charge on any atom is -0.312 e. The molecule has 0 aromatic carbocycles. The molecule has 0 radical (unpaired) electrons. The van der Waals surface area contributed by atoms with Crippen molar-refractivity contribution in [3.05, 3.63) is 0 Å². The third-order valence-electron chi connectivity index (χ3n) is 5.01. The zero-order valence-electron chi connectivity index (χ0n) is 10.6. The first-order chi connectivity index (χ1) is 7.88. The fraction of sp³-hybridized carbons (Fsp3) is 1.00. The molecule has 0 amide bonds. The summed E-state index contributed by atoms with van der Waals surface area (Å²) in [5.74, 6) is 1.05. The van der Waals surface area contributed by atoms with Crippen LogP contribution in [0.2, 0.25) is 0 Å². The van der Waals surface area contributed by atoms with Gasteiger partial charge in [0.15, 0.2) is 0 Å². The van der Waals surface area contributed by atoms with Crippen LogP contribution < -0.4 is 5.32 Å². The highest BCUT2D eigenvalue weighted by Gasteiger charge is 2.44. The summed E-state index contributed by atoms with van der Waals surface area (Å²) >= 11 is 0. The van der Waals surface area contributed by atoms with Crippen molar-refractivity contribution in [2.24, 2.45) is 5.92 Å². The molecule has 1 aliphatic heterocycles. The van der Waals surface area contributed by atoms with Crippen LogP contribution >= 0.6 is 0 Å². The highest BCUT2D eigenvalue weighted by molar-refractivity contribution is 5.00. The summed E-state index contributed by atoms with van der Waals surface area (Å²) in [4.78, 5) is 2.87. The highest BCUT2D eigenvalue weighted by atomic mass is 15.2. The third kappa shape index (κ3) is 1.91. The molecule has 3 aliphatic rings. The first-order valence-corrected chi connectivity index (χ1v) is 7.37. The van der Waals surface area contributed by atoms with Gasteiger partial charge in [-0.15, -0.1) is 0 Å². The predicted molar refractivity (Wildman–Crippen MR) is 67.6 cm³/mol. The first-order valence-electron chi connectivity index (χ1n) is 7.37. The number of hydrogen-bond acceptors (Lipinski definition) is 2. The minimum atomic E-state index is 0.805. The van der Waals surface area contributed by atoms with E-state index in [-0.39, 0.29) is 0 Å². The molecule has 92 valence electrons. The molecule has 3 fully saturated rings. The van der Waals surface area contributed by atoms with Gasteiger partial charge in [-0.05, 0) is 51.0 Å². The summed E-state index contributed by atoms with van der Waals surface area (Å²) in [5, 5.41) is 3.78. The van der Waals surface area contributed by atoms with Crippen molar-refractivity contribution in [1.29, 1.82) is 0 Å². The van der Waals surface area contributed by atoms with Gasteiger partial charge in [-0.1, -0.05) is 13.3 Å². The number of likely N-dealkylation sites (tertiary alicyclic amines) is 1. The number of fused-ring (bicyclic) bond motifs is 2. The Hall–Kier alpha value is -0.0800. The standard InChI is InChI=1S/C14H26N2/c1-2-8-15-13-4-3-5-14(13)16-10-11-6-7-12(16)9-11/h11-15H,2-10H2,1H3. The van der Waals surface area contributed by atoms with E-state index in [9.17, 15) is 0 Å². The molecule has 1 saturated heterocycles. The zero-order chi connectivity index (χ0) is 11.0. The molecule has 1 heterocycles. The van der Waals surface area contributed by atoms with E-state index in [1.807, 2.05) is 0 Å². The van der Waals surface area contributed by atoms with Gasteiger partial charge in [0, 0.05) is 24.7 Å². The maximum absolute atomic E-state index is 3.78. The van der Waals surface area contributed by atoms with Crippen molar-refractivity contribution in [3.63, 3.8) is 0 Å². The largest absolute Gasteiger partial charge is 0.312 e. The molecule has 2 heteroatoms. The van der Waals surface area contributed by atoms with E-state index in [4.69, 9.17) is 0 Å². The lowest BCUT2D eigenvalue weighted by Gasteiger charge is -2.36. The van der Waals surface area contributed by atoms with E-state index >= 15 is 0 Å². The monoisotopic (exact) mass is 222 g/mol. The van der Waals surface area contributed by atoms with Gasteiger partial charge in [0.25, 0.3) is 0 Å². The maximum Gasteiger partial charge on any atom is 0.0252 e. The number of hydrogen-bond donors (Lipinski definition) is 1. The van der Waals surface area contributed by atoms with Crippen LogP contribution in [-0.4, -0.2) is 36.1 Å². The SMILES string of the molecule is CCCNC1CCCC1N1CC2CCC1C2. The van der Waals surface area contributed by atoms with Gasteiger partial charge in [-0.2, -0.15) is 0 Å². The van der Waals surface area contributed by atoms with Gasteiger partial charge in [0.2, 0.25) is 0 Å². The van der Waals surface area contributed by atoms with Crippen LogP contribution in [0.15, 0.2) is 0 Å². The van der Waals surface area contributed by atoms with E-state index in [1.165, 1.54) is 58.0 Å². The van der Waals surface area contributed by atoms with Gasteiger partial charge >= 0.3 is 0 Å². The van der Waals surface area contributed by atoms with Crippen LogP contribution in [-0.2, 0) is 0 Å². The van der Waals surface area contributed by atoms with E-state index in [0.29, 0.717) is 0 Å². The van der Waals surface area contributed by atoms with Gasteiger partial charge in [-0.3, -0.25) is 4.90 Å². The zero-order valence-corrected chi connectivity index (χ0v) is 10.6. The predicted octanol–water partition coefficient (Wildman–Crippen LogP) is 2.39. The summed E-state index contributed by atoms with van der Waals surface area (Å²) in [7, 11) is 0.